The Hall–Kier alpha value is -3.29. The normalized spacial score (nSPS) is 16.2. The van der Waals surface area contributed by atoms with Crippen molar-refractivity contribution in [3.8, 4) is 5.75 Å². The first-order valence-corrected chi connectivity index (χ1v) is 11.4. The van der Waals surface area contributed by atoms with Gasteiger partial charge in [0.15, 0.2) is 22.9 Å². The van der Waals surface area contributed by atoms with Crippen LogP contribution in [0.2, 0.25) is 5.02 Å². The number of fused-ring (bicyclic) bond motifs is 1. The van der Waals surface area contributed by atoms with Crippen molar-refractivity contribution in [2.75, 3.05) is 20.3 Å². The number of furan rings is 1. The van der Waals surface area contributed by atoms with Gasteiger partial charge in [-0.2, -0.15) is 0 Å². The maximum Gasteiger partial charge on any atom is 0.290 e. The largest absolute Gasteiger partial charge is 0.503 e. The summed E-state index contributed by atoms with van der Waals surface area (Å²) in [7, 11) is 1.48. The van der Waals surface area contributed by atoms with Gasteiger partial charge in [-0.25, -0.2) is 0 Å². The summed E-state index contributed by atoms with van der Waals surface area (Å²) < 4.78 is 16.7. The molecule has 1 atom stereocenters. The van der Waals surface area contributed by atoms with Gasteiger partial charge in [-0.05, 0) is 38.0 Å². The summed E-state index contributed by atoms with van der Waals surface area (Å²) in [6.45, 7) is 4.65. The molecular weight excluding hydrogens is 458 g/mol. The Labute approximate surface area is 202 Å². The SMILES string of the molecule is COc1cc(Cl)cc2cc(C(=O)C3=C(O)C(=O)N(CCCOC(C)C)C3c3ccccc3)oc12. The fourth-order valence-corrected chi connectivity index (χ4v) is 4.35. The highest BCUT2D eigenvalue weighted by Gasteiger charge is 2.44. The van der Waals surface area contributed by atoms with E-state index in [1.54, 1.807) is 12.1 Å². The molecule has 0 fully saturated rings. The highest BCUT2D eigenvalue weighted by atomic mass is 35.5. The van der Waals surface area contributed by atoms with Crippen molar-refractivity contribution in [2.45, 2.75) is 32.4 Å². The minimum Gasteiger partial charge on any atom is -0.503 e. The first kappa shape index (κ1) is 23.9. The van der Waals surface area contributed by atoms with Gasteiger partial charge in [0.05, 0.1) is 24.8 Å². The summed E-state index contributed by atoms with van der Waals surface area (Å²) >= 11 is 6.15. The zero-order valence-electron chi connectivity index (χ0n) is 19.2. The second kappa shape index (κ2) is 9.91. The predicted octanol–water partition coefficient (Wildman–Crippen LogP) is 5.49. The molecule has 0 aliphatic carbocycles. The fraction of sp³-hybridized carbons (Fsp3) is 0.308. The van der Waals surface area contributed by atoms with E-state index in [1.165, 1.54) is 18.1 Å². The molecule has 178 valence electrons. The Morgan fingerprint density at radius 2 is 1.94 bits per heavy atom. The number of aliphatic hydroxyl groups is 1. The summed E-state index contributed by atoms with van der Waals surface area (Å²) in [5.74, 6) is -1.38. The first-order chi connectivity index (χ1) is 16.3. The van der Waals surface area contributed by atoms with Gasteiger partial charge in [-0.15, -0.1) is 0 Å². The lowest BCUT2D eigenvalue weighted by atomic mass is 9.95. The standard InChI is InChI=1S/C26H26ClNO6/c1-15(2)33-11-7-10-28-22(16-8-5-4-6-9-16)21(24(30)26(28)31)23(29)19-13-17-12-18(27)14-20(32-3)25(17)34-19/h4-6,8-9,12-15,22,30H,7,10-11H2,1-3H3. The summed E-state index contributed by atoms with van der Waals surface area (Å²) in [6.07, 6.45) is 0.629. The number of nitrogens with zero attached hydrogens (tertiary/aromatic N) is 1. The average molecular weight is 484 g/mol. The van der Waals surface area contributed by atoms with E-state index in [9.17, 15) is 14.7 Å². The quantitative estimate of drug-likeness (QED) is 0.320. The molecule has 1 aliphatic heterocycles. The molecule has 1 aliphatic rings. The molecule has 0 saturated carbocycles. The second-order valence-corrected chi connectivity index (χ2v) is 8.75. The lowest BCUT2D eigenvalue weighted by Crippen LogP contribution is -2.32. The first-order valence-electron chi connectivity index (χ1n) is 11.0. The number of aliphatic hydroxyl groups excluding tert-OH is 1. The summed E-state index contributed by atoms with van der Waals surface area (Å²) in [5.41, 5.74) is 1.05. The van der Waals surface area contributed by atoms with Crippen molar-refractivity contribution < 1.29 is 28.6 Å². The highest BCUT2D eigenvalue weighted by molar-refractivity contribution is 6.31. The van der Waals surface area contributed by atoms with Crippen molar-refractivity contribution in [1.82, 2.24) is 4.90 Å². The van der Waals surface area contributed by atoms with Crippen LogP contribution in [0.25, 0.3) is 11.0 Å². The molecule has 0 radical (unpaired) electrons. The van der Waals surface area contributed by atoms with Gasteiger partial charge in [0, 0.05) is 29.6 Å². The lowest BCUT2D eigenvalue weighted by Gasteiger charge is -2.26. The number of carbonyl (C=O) groups is 2. The number of ketones is 1. The maximum atomic E-state index is 13.6. The van der Waals surface area contributed by atoms with Crippen molar-refractivity contribution in [3.05, 3.63) is 76.2 Å². The van der Waals surface area contributed by atoms with E-state index >= 15 is 0 Å². The molecule has 3 aromatic rings. The Morgan fingerprint density at radius 3 is 2.62 bits per heavy atom. The average Bonchev–Trinajstić information content (AvgIpc) is 3.35. The number of amides is 1. The summed E-state index contributed by atoms with van der Waals surface area (Å²) in [5, 5.41) is 11.8. The zero-order chi connectivity index (χ0) is 24.4. The molecular formula is C26H26ClNO6. The van der Waals surface area contributed by atoms with E-state index in [-0.39, 0.29) is 17.4 Å². The molecule has 2 aromatic carbocycles. The van der Waals surface area contributed by atoms with E-state index in [1.807, 2.05) is 44.2 Å². The molecule has 7 nitrogen and oxygen atoms in total. The maximum absolute atomic E-state index is 13.6. The second-order valence-electron chi connectivity index (χ2n) is 8.31. The van der Waals surface area contributed by atoms with Crippen LogP contribution in [0.3, 0.4) is 0 Å². The smallest absolute Gasteiger partial charge is 0.290 e. The van der Waals surface area contributed by atoms with Gasteiger partial charge in [0.2, 0.25) is 5.78 Å². The Balaban J connectivity index is 1.72. The number of halogens is 1. The lowest BCUT2D eigenvalue weighted by molar-refractivity contribution is -0.129. The highest BCUT2D eigenvalue weighted by Crippen LogP contribution is 2.40. The minimum absolute atomic E-state index is 0.0177. The number of carbonyl (C=O) groups excluding carboxylic acids is 2. The number of ether oxygens (including phenoxy) is 2. The third-order valence-electron chi connectivity index (χ3n) is 5.65. The number of hydrogen-bond donors (Lipinski definition) is 1. The van der Waals surface area contributed by atoms with Crippen LogP contribution in [0.5, 0.6) is 5.75 Å². The van der Waals surface area contributed by atoms with Crippen molar-refractivity contribution in [1.29, 1.82) is 0 Å². The molecule has 1 N–H and O–H groups in total. The number of methoxy groups -OCH3 is 1. The van der Waals surface area contributed by atoms with E-state index in [0.717, 1.165) is 0 Å². The van der Waals surface area contributed by atoms with E-state index in [2.05, 4.69) is 0 Å². The Morgan fingerprint density at radius 1 is 1.21 bits per heavy atom. The summed E-state index contributed by atoms with van der Waals surface area (Å²) in [6, 6.07) is 13.2. The number of rotatable bonds is 9. The topological polar surface area (TPSA) is 89.2 Å². The van der Waals surface area contributed by atoms with Crippen LogP contribution in [-0.4, -0.2) is 48.1 Å². The molecule has 0 spiro atoms. The van der Waals surface area contributed by atoms with E-state index < -0.39 is 23.5 Å². The molecule has 8 heteroatoms. The van der Waals surface area contributed by atoms with E-state index in [4.69, 9.17) is 25.5 Å². The number of benzene rings is 2. The molecule has 0 bridgehead atoms. The monoisotopic (exact) mass is 483 g/mol. The molecule has 2 heterocycles. The van der Waals surface area contributed by atoms with Crippen molar-refractivity contribution in [2.24, 2.45) is 0 Å². The van der Waals surface area contributed by atoms with Crippen molar-refractivity contribution in [3.63, 3.8) is 0 Å². The van der Waals surface area contributed by atoms with Gasteiger partial charge in [-0.1, -0.05) is 41.9 Å². The molecule has 1 unspecified atom stereocenters. The fourth-order valence-electron chi connectivity index (χ4n) is 4.13. The predicted molar refractivity (Wildman–Crippen MR) is 128 cm³/mol. The number of hydrogen-bond acceptors (Lipinski definition) is 6. The van der Waals surface area contributed by atoms with Crippen LogP contribution in [0.4, 0.5) is 0 Å². The molecule has 1 amide bonds. The van der Waals surface area contributed by atoms with Gasteiger partial charge >= 0.3 is 0 Å². The Bertz CT molecular complexity index is 1250. The van der Waals surface area contributed by atoms with Gasteiger partial charge in [0.25, 0.3) is 5.91 Å². The third kappa shape index (κ3) is 4.54. The van der Waals surface area contributed by atoms with Gasteiger partial charge < -0.3 is 23.9 Å². The summed E-state index contributed by atoms with van der Waals surface area (Å²) in [4.78, 5) is 28.2. The molecule has 34 heavy (non-hydrogen) atoms. The third-order valence-corrected chi connectivity index (χ3v) is 5.87. The molecule has 4 rings (SSSR count). The van der Waals surface area contributed by atoms with E-state index in [0.29, 0.717) is 46.9 Å². The molecule has 0 saturated heterocycles. The molecule has 1 aromatic heterocycles. The van der Waals surface area contributed by atoms with Crippen LogP contribution in [-0.2, 0) is 9.53 Å². The number of Topliss-reactive ketones (excluding diaryl/α,β-unsaturated/α-hetero) is 1. The van der Waals surface area contributed by atoms with Gasteiger partial charge in [-0.3, -0.25) is 9.59 Å². The van der Waals surface area contributed by atoms with Crippen LogP contribution in [0.15, 0.2) is 64.3 Å². The Kier molecular flexibility index (Phi) is 6.95. The van der Waals surface area contributed by atoms with Crippen LogP contribution >= 0.6 is 11.6 Å². The minimum atomic E-state index is -0.751. The van der Waals surface area contributed by atoms with Crippen LogP contribution < -0.4 is 4.74 Å². The zero-order valence-corrected chi connectivity index (χ0v) is 20.0. The van der Waals surface area contributed by atoms with Crippen LogP contribution in [0.1, 0.15) is 42.4 Å². The van der Waals surface area contributed by atoms with Crippen molar-refractivity contribution >= 4 is 34.3 Å². The van der Waals surface area contributed by atoms with Gasteiger partial charge in [0.1, 0.15) is 0 Å². The van der Waals surface area contributed by atoms with Crippen LogP contribution in [0, 0.1) is 0 Å².